The van der Waals surface area contributed by atoms with E-state index in [0.29, 0.717) is 0 Å². The monoisotopic (exact) mass is 225 g/mol. The van der Waals surface area contributed by atoms with E-state index in [1.165, 1.54) is 19.3 Å². The molecule has 16 heavy (non-hydrogen) atoms. The Bertz CT molecular complexity index is 368. The van der Waals surface area contributed by atoms with Gasteiger partial charge in [0.1, 0.15) is 6.61 Å². The molecule has 0 saturated carbocycles. The van der Waals surface area contributed by atoms with Crippen LogP contribution in [0.5, 0.6) is 0 Å². The summed E-state index contributed by atoms with van der Waals surface area (Å²) in [6.45, 7) is 0.986. The van der Waals surface area contributed by atoms with Gasteiger partial charge in [0.2, 0.25) is 5.95 Å². The van der Waals surface area contributed by atoms with E-state index in [-0.39, 0.29) is 12.6 Å². The van der Waals surface area contributed by atoms with Crippen molar-refractivity contribution in [3.63, 3.8) is 0 Å². The molecule has 0 saturated heterocycles. The number of carbonyl (C=O) groups excluding carboxylic acids is 1. The molecule has 1 rings (SSSR count). The van der Waals surface area contributed by atoms with Gasteiger partial charge in [-0.2, -0.15) is 0 Å². The Labute approximate surface area is 91.5 Å². The van der Waals surface area contributed by atoms with Crippen LogP contribution in [-0.4, -0.2) is 39.7 Å². The van der Waals surface area contributed by atoms with Gasteiger partial charge in [-0.05, 0) is 13.0 Å². The molecule has 0 aliphatic carbocycles. The van der Waals surface area contributed by atoms with Crippen LogP contribution < -0.4 is 5.32 Å². The molecule has 2 N–H and O–H groups in total. The minimum atomic E-state index is -1.12. The van der Waals surface area contributed by atoms with Crippen molar-refractivity contribution in [2.24, 2.45) is 0 Å². The van der Waals surface area contributed by atoms with Crippen molar-refractivity contribution in [3.05, 3.63) is 18.5 Å². The second kappa shape index (κ2) is 5.76. The third-order valence-electron chi connectivity index (χ3n) is 1.63. The minimum absolute atomic E-state index is 0.152. The Morgan fingerprint density at radius 2 is 2.12 bits per heavy atom. The predicted octanol–water partition coefficient (Wildman–Crippen LogP) is -0.0952. The van der Waals surface area contributed by atoms with E-state index >= 15 is 0 Å². The highest BCUT2D eigenvalue weighted by molar-refractivity contribution is 5.90. The summed E-state index contributed by atoms with van der Waals surface area (Å²) < 4.78 is 4.77. The van der Waals surface area contributed by atoms with Crippen LogP contribution in [0.2, 0.25) is 0 Å². The lowest BCUT2D eigenvalue weighted by Gasteiger charge is -2.07. The molecule has 0 aliphatic heterocycles. The zero-order chi connectivity index (χ0) is 12.0. The molecule has 0 spiro atoms. The quantitative estimate of drug-likeness (QED) is 0.725. The van der Waals surface area contributed by atoms with Crippen LogP contribution in [0.4, 0.5) is 5.95 Å². The zero-order valence-corrected chi connectivity index (χ0v) is 8.58. The van der Waals surface area contributed by atoms with E-state index in [4.69, 9.17) is 9.84 Å². The van der Waals surface area contributed by atoms with Crippen LogP contribution in [0.3, 0.4) is 0 Å². The lowest BCUT2D eigenvalue weighted by atomic mass is 10.4. The fourth-order valence-corrected chi connectivity index (χ4v) is 0.796. The van der Waals surface area contributed by atoms with E-state index in [1.807, 2.05) is 0 Å². The van der Waals surface area contributed by atoms with Gasteiger partial charge in [0.25, 0.3) is 5.91 Å². The molecule has 0 bridgehead atoms. The molecule has 7 heteroatoms. The molecule has 1 aromatic heterocycles. The summed E-state index contributed by atoms with van der Waals surface area (Å²) in [7, 11) is 0. The fourth-order valence-electron chi connectivity index (χ4n) is 0.796. The average Bonchev–Trinajstić information content (AvgIpc) is 2.27. The van der Waals surface area contributed by atoms with Gasteiger partial charge in [0, 0.05) is 12.4 Å². The van der Waals surface area contributed by atoms with Crippen LogP contribution in [0.15, 0.2) is 18.5 Å². The zero-order valence-electron chi connectivity index (χ0n) is 8.58. The molecule has 0 aliphatic rings. The molecule has 86 valence electrons. The number of carbonyl (C=O) groups is 2. The number of nitrogens with zero attached hydrogens (tertiary/aromatic N) is 2. The van der Waals surface area contributed by atoms with Crippen LogP contribution in [0.1, 0.15) is 6.92 Å². The number of hydrogen-bond acceptors (Lipinski definition) is 5. The van der Waals surface area contributed by atoms with Gasteiger partial charge in [-0.25, -0.2) is 14.8 Å². The van der Waals surface area contributed by atoms with E-state index in [1.54, 1.807) is 6.07 Å². The van der Waals surface area contributed by atoms with Gasteiger partial charge >= 0.3 is 5.97 Å². The predicted molar refractivity (Wildman–Crippen MR) is 53.7 cm³/mol. The maximum Gasteiger partial charge on any atom is 0.332 e. The van der Waals surface area contributed by atoms with Gasteiger partial charge in [-0.15, -0.1) is 0 Å². The van der Waals surface area contributed by atoms with Gasteiger partial charge in [-0.3, -0.25) is 10.1 Å². The van der Waals surface area contributed by atoms with Gasteiger partial charge in [0.05, 0.1) is 0 Å². The standard InChI is InChI=1S/C9H11N3O4/c1-6(8(14)15)16-5-7(13)12-9-10-3-2-4-11-9/h2-4,6H,5H2,1H3,(H,14,15)(H,10,11,12,13). The maximum absolute atomic E-state index is 11.2. The molecule has 1 heterocycles. The first-order valence-corrected chi connectivity index (χ1v) is 4.51. The molecular weight excluding hydrogens is 214 g/mol. The van der Waals surface area contributed by atoms with Crippen molar-refractivity contribution in [2.75, 3.05) is 11.9 Å². The third-order valence-corrected chi connectivity index (χ3v) is 1.63. The van der Waals surface area contributed by atoms with Crippen LogP contribution in [0.25, 0.3) is 0 Å². The van der Waals surface area contributed by atoms with E-state index in [2.05, 4.69) is 15.3 Å². The number of aromatic nitrogens is 2. The van der Waals surface area contributed by atoms with Gasteiger partial charge in [-0.1, -0.05) is 0 Å². The van der Waals surface area contributed by atoms with Crippen molar-refractivity contribution in [1.82, 2.24) is 9.97 Å². The average molecular weight is 225 g/mol. The summed E-state index contributed by atoms with van der Waals surface area (Å²) in [5, 5.41) is 10.9. The van der Waals surface area contributed by atoms with Crippen LogP contribution in [-0.2, 0) is 14.3 Å². The van der Waals surface area contributed by atoms with Crippen molar-refractivity contribution in [2.45, 2.75) is 13.0 Å². The second-order valence-corrected chi connectivity index (χ2v) is 2.91. The fraction of sp³-hybridized carbons (Fsp3) is 0.333. The Morgan fingerprint density at radius 1 is 1.50 bits per heavy atom. The van der Waals surface area contributed by atoms with Crippen molar-refractivity contribution in [3.8, 4) is 0 Å². The first-order chi connectivity index (χ1) is 7.59. The SMILES string of the molecule is CC(OCC(=O)Nc1ncccn1)C(=O)O. The smallest absolute Gasteiger partial charge is 0.332 e. The Balaban J connectivity index is 2.35. The van der Waals surface area contributed by atoms with E-state index < -0.39 is 18.0 Å². The van der Waals surface area contributed by atoms with Crippen molar-refractivity contribution in [1.29, 1.82) is 0 Å². The number of amides is 1. The summed E-state index contributed by atoms with van der Waals surface area (Å²) in [5.74, 6) is -1.47. The normalized spacial score (nSPS) is 11.8. The first-order valence-electron chi connectivity index (χ1n) is 4.51. The Morgan fingerprint density at radius 3 is 2.69 bits per heavy atom. The second-order valence-electron chi connectivity index (χ2n) is 2.91. The number of aliphatic carboxylic acids is 1. The van der Waals surface area contributed by atoms with Gasteiger partial charge < -0.3 is 9.84 Å². The number of hydrogen-bond donors (Lipinski definition) is 2. The topological polar surface area (TPSA) is 101 Å². The Kier molecular flexibility index (Phi) is 4.34. The van der Waals surface area contributed by atoms with Crippen LogP contribution >= 0.6 is 0 Å². The molecule has 0 fully saturated rings. The molecule has 0 aromatic carbocycles. The molecule has 0 radical (unpaired) electrons. The molecule has 1 amide bonds. The number of rotatable bonds is 5. The number of carboxylic acid groups (broad SMARTS) is 1. The lowest BCUT2D eigenvalue weighted by Crippen LogP contribution is -2.27. The molecule has 7 nitrogen and oxygen atoms in total. The van der Waals surface area contributed by atoms with E-state index in [0.717, 1.165) is 0 Å². The van der Waals surface area contributed by atoms with Crippen molar-refractivity contribution >= 4 is 17.8 Å². The number of nitrogens with one attached hydrogen (secondary N) is 1. The first kappa shape index (κ1) is 12.1. The van der Waals surface area contributed by atoms with Gasteiger partial charge in [0.15, 0.2) is 6.10 Å². The van der Waals surface area contributed by atoms with Crippen molar-refractivity contribution < 1.29 is 19.4 Å². The van der Waals surface area contributed by atoms with E-state index in [9.17, 15) is 9.59 Å². The minimum Gasteiger partial charge on any atom is -0.479 e. The number of ether oxygens (including phenoxy) is 1. The summed E-state index contributed by atoms with van der Waals surface area (Å²) in [6.07, 6.45) is 1.93. The van der Waals surface area contributed by atoms with Crippen LogP contribution in [0, 0.1) is 0 Å². The summed E-state index contributed by atoms with van der Waals surface area (Å²) >= 11 is 0. The molecule has 1 aromatic rings. The highest BCUT2D eigenvalue weighted by atomic mass is 16.5. The summed E-state index contributed by atoms with van der Waals surface area (Å²) in [4.78, 5) is 29.2. The highest BCUT2D eigenvalue weighted by Gasteiger charge is 2.13. The Hall–Kier alpha value is -2.02. The number of anilines is 1. The molecule has 1 atom stereocenters. The molecule has 1 unspecified atom stereocenters. The number of carboxylic acids is 1. The summed E-state index contributed by atoms with van der Waals surface area (Å²) in [5.41, 5.74) is 0. The highest BCUT2D eigenvalue weighted by Crippen LogP contribution is 1.95. The third kappa shape index (κ3) is 4.01. The lowest BCUT2D eigenvalue weighted by molar-refractivity contribution is -0.150. The largest absolute Gasteiger partial charge is 0.479 e. The molecular formula is C9H11N3O4. The summed E-state index contributed by atoms with van der Waals surface area (Å²) in [6, 6.07) is 1.61. The maximum atomic E-state index is 11.2.